The quantitative estimate of drug-likeness (QED) is 0.593. The number of fused-ring (bicyclic) bond motifs is 1. The fourth-order valence-electron chi connectivity index (χ4n) is 4.20. The molecular formula is C22H24ClN5O2S. The summed E-state index contributed by atoms with van der Waals surface area (Å²) in [6, 6.07) is 9.52. The van der Waals surface area contributed by atoms with Crippen LogP contribution in [0.5, 0.6) is 0 Å². The van der Waals surface area contributed by atoms with E-state index >= 15 is 0 Å². The number of nitrogens with one attached hydrogen (secondary N) is 1. The number of carbonyl (C=O) groups excluding carboxylic acids is 1. The molecule has 2 fully saturated rings. The Kier molecular flexibility index (Phi) is 5.01. The Balaban J connectivity index is 1.42. The van der Waals surface area contributed by atoms with Gasteiger partial charge in [0.05, 0.1) is 6.04 Å². The Morgan fingerprint density at radius 1 is 1.29 bits per heavy atom. The molecule has 3 aromatic rings. The number of thiazole rings is 1. The largest absolute Gasteiger partial charge is 0.348 e. The highest BCUT2D eigenvalue weighted by Crippen LogP contribution is 2.51. The number of alkyl halides is 1. The first kappa shape index (κ1) is 20.5. The van der Waals surface area contributed by atoms with Gasteiger partial charge in [-0.1, -0.05) is 41.7 Å². The van der Waals surface area contributed by atoms with Crippen molar-refractivity contribution in [2.24, 2.45) is 7.05 Å². The van der Waals surface area contributed by atoms with Gasteiger partial charge in [0, 0.05) is 13.6 Å². The fourth-order valence-corrected chi connectivity index (χ4v) is 5.47. The lowest BCUT2D eigenvalue weighted by Crippen LogP contribution is -2.44. The number of hydrogen-bond donors (Lipinski definition) is 1. The van der Waals surface area contributed by atoms with Gasteiger partial charge in [-0.3, -0.25) is 14.2 Å². The summed E-state index contributed by atoms with van der Waals surface area (Å²) < 4.78 is 1.52. The van der Waals surface area contributed by atoms with E-state index in [-0.39, 0.29) is 23.6 Å². The summed E-state index contributed by atoms with van der Waals surface area (Å²) in [4.78, 5) is 37.3. The van der Waals surface area contributed by atoms with Gasteiger partial charge in [-0.15, -0.1) is 11.6 Å². The molecule has 0 bridgehead atoms. The van der Waals surface area contributed by atoms with Crippen molar-refractivity contribution in [3.63, 3.8) is 0 Å². The topological polar surface area (TPSA) is 80.1 Å². The van der Waals surface area contributed by atoms with Crippen LogP contribution in [0, 0.1) is 0 Å². The van der Waals surface area contributed by atoms with Crippen LogP contribution in [-0.4, -0.2) is 33.0 Å². The molecule has 7 nitrogen and oxygen atoms in total. The molecule has 1 N–H and O–H groups in total. The van der Waals surface area contributed by atoms with Gasteiger partial charge >= 0.3 is 0 Å². The summed E-state index contributed by atoms with van der Waals surface area (Å²) in [6.07, 6.45) is 3.29. The third kappa shape index (κ3) is 3.61. The van der Waals surface area contributed by atoms with Crippen molar-refractivity contribution in [2.45, 2.75) is 49.6 Å². The number of benzene rings is 1. The molecule has 2 aromatic heterocycles. The minimum Gasteiger partial charge on any atom is -0.348 e. The Labute approximate surface area is 189 Å². The zero-order valence-electron chi connectivity index (χ0n) is 17.5. The molecule has 1 saturated heterocycles. The molecular weight excluding hydrogens is 434 g/mol. The van der Waals surface area contributed by atoms with Crippen LogP contribution in [0.25, 0.3) is 10.3 Å². The lowest BCUT2D eigenvalue weighted by Gasteiger charge is -2.25. The average Bonchev–Trinajstić information content (AvgIpc) is 3.18. The molecule has 2 aliphatic rings. The van der Waals surface area contributed by atoms with Gasteiger partial charge in [0.1, 0.15) is 16.7 Å². The van der Waals surface area contributed by atoms with Gasteiger partial charge in [0.25, 0.3) is 5.56 Å². The second-order valence-electron chi connectivity index (χ2n) is 8.41. The van der Waals surface area contributed by atoms with E-state index < -0.39 is 4.87 Å². The number of rotatable bonds is 5. The molecule has 162 valence electrons. The summed E-state index contributed by atoms with van der Waals surface area (Å²) in [5.41, 5.74) is 1.22. The van der Waals surface area contributed by atoms with Crippen LogP contribution >= 0.6 is 22.9 Å². The molecule has 3 heterocycles. The SMILES string of the molecule is C[C@@H](NC(=O)[C@H]1CCCN1c1nc2c(=O)n(C)c(C3(Cl)CC3)nc2s1)c1ccccc1. The molecule has 1 aromatic carbocycles. The van der Waals surface area contributed by atoms with E-state index in [1.807, 2.05) is 42.2 Å². The van der Waals surface area contributed by atoms with Crippen molar-refractivity contribution < 1.29 is 4.79 Å². The molecule has 1 aliphatic heterocycles. The Hall–Kier alpha value is -2.45. The fraction of sp³-hybridized carbons (Fsp3) is 0.455. The van der Waals surface area contributed by atoms with Gasteiger partial charge < -0.3 is 10.2 Å². The van der Waals surface area contributed by atoms with Crippen LogP contribution in [0.1, 0.15) is 50.0 Å². The maximum atomic E-state index is 13.1. The summed E-state index contributed by atoms with van der Waals surface area (Å²) in [6.45, 7) is 2.71. The molecule has 5 rings (SSSR count). The highest BCUT2D eigenvalue weighted by Gasteiger charge is 2.46. The van der Waals surface area contributed by atoms with Crippen LogP contribution in [-0.2, 0) is 16.7 Å². The molecule has 1 aliphatic carbocycles. The Bertz CT molecular complexity index is 1200. The number of anilines is 1. The zero-order chi connectivity index (χ0) is 21.8. The molecule has 0 spiro atoms. The summed E-state index contributed by atoms with van der Waals surface area (Å²) >= 11 is 7.91. The van der Waals surface area contributed by atoms with E-state index in [1.54, 1.807) is 7.05 Å². The lowest BCUT2D eigenvalue weighted by atomic mass is 10.1. The minimum absolute atomic E-state index is 0.0210. The molecule has 0 unspecified atom stereocenters. The highest BCUT2D eigenvalue weighted by molar-refractivity contribution is 7.21. The average molecular weight is 458 g/mol. The van der Waals surface area contributed by atoms with Crippen molar-refractivity contribution >= 4 is 44.3 Å². The van der Waals surface area contributed by atoms with Gasteiger partial charge in [-0.2, -0.15) is 0 Å². The first-order chi connectivity index (χ1) is 14.9. The number of halogens is 1. The predicted molar refractivity (Wildman–Crippen MR) is 123 cm³/mol. The number of nitrogens with zero attached hydrogens (tertiary/aromatic N) is 4. The summed E-state index contributed by atoms with van der Waals surface area (Å²) in [7, 11) is 1.70. The molecule has 2 atom stereocenters. The molecule has 1 amide bonds. The third-order valence-electron chi connectivity index (χ3n) is 6.18. The van der Waals surface area contributed by atoms with E-state index in [4.69, 9.17) is 11.6 Å². The van der Waals surface area contributed by atoms with E-state index in [9.17, 15) is 9.59 Å². The van der Waals surface area contributed by atoms with E-state index in [1.165, 1.54) is 15.9 Å². The number of hydrogen-bond acceptors (Lipinski definition) is 6. The van der Waals surface area contributed by atoms with Crippen molar-refractivity contribution in [1.29, 1.82) is 0 Å². The van der Waals surface area contributed by atoms with Crippen molar-refractivity contribution in [1.82, 2.24) is 19.9 Å². The van der Waals surface area contributed by atoms with Gasteiger partial charge in [-0.05, 0) is 38.2 Å². The second kappa shape index (κ2) is 7.60. The van der Waals surface area contributed by atoms with E-state index in [0.29, 0.717) is 21.3 Å². The Morgan fingerprint density at radius 2 is 2.03 bits per heavy atom. The second-order valence-corrected chi connectivity index (χ2v) is 10.1. The minimum atomic E-state index is -0.532. The number of amides is 1. The van der Waals surface area contributed by atoms with E-state index in [2.05, 4.69) is 15.3 Å². The smallest absolute Gasteiger partial charge is 0.280 e. The molecule has 9 heteroatoms. The third-order valence-corrected chi connectivity index (χ3v) is 7.71. The van der Waals surface area contributed by atoms with Gasteiger partial charge in [0.2, 0.25) is 5.91 Å². The van der Waals surface area contributed by atoms with Crippen LogP contribution in [0.2, 0.25) is 0 Å². The van der Waals surface area contributed by atoms with Crippen LogP contribution in [0.4, 0.5) is 5.13 Å². The summed E-state index contributed by atoms with van der Waals surface area (Å²) in [5.74, 6) is 0.585. The Morgan fingerprint density at radius 3 is 2.74 bits per heavy atom. The lowest BCUT2D eigenvalue weighted by molar-refractivity contribution is -0.122. The standard InChI is InChI=1S/C22H24ClN5O2S/c1-13(14-7-4-3-5-8-14)24-17(29)15-9-6-12-28(15)21-25-16-18(31-21)26-20(22(23)10-11-22)27(2)19(16)30/h3-5,7-8,13,15H,6,9-12H2,1-2H3,(H,24,29)/t13-,15-/m1/s1. The van der Waals surface area contributed by atoms with Gasteiger partial charge in [0.15, 0.2) is 15.5 Å². The molecule has 31 heavy (non-hydrogen) atoms. The maximum absolute atomic E-state index is 13.1. The molecule has 1 saturated carbocycles. The van der Waals surface area contributed by atoms with Crippen molar-refractivity contribution in [3.05, 3.63) is 52.1 Å². The van der Waals surface area contributed by atoms with Crippen LogP contribution in [0.3, 0.4) is 0 Å². The normalized spacial score (nSPS) is 20.7. The van der Waals surface area contributed by atoms with Crippen LogP contribution in [0.15, 0.2) is 35.1 Å². The number of carbonyl (C=O) groups is 1. The van der Waals surface area contributed by atoms with Crippen molar-refractivity contribution in [3.8, 4) is 0 Å². The molecule has 0 radical (unpaired) electrons. The summed E-state index contributed by atoms with van der Waals surface area (Å²) in [5, 5.41) is 3.79. The van der Waals surface area contributed by atoms with Gasteiger partial charge in [-0.25, -0.2) is 9.97 Å². The van der Waals surface area contributed by atoms with Crippen LogP contribution < -0.4 is 15.8 Å². The van der Waals surface area contributed by atoms with E-state index in [0.717, 1.165) is 37.8 Å². The first-order valence-corrected chi connectivity index (χ1v) is 11.8. The zero-order valence-corrected chi connectivity index (χ0v) is 19.0. The highest BCUT2D eigenvalue weighted by atomic mass is 35.5. The number of aromatic nitrogens is 3. The predicted octanol–water partition coefficient (Wildman–Crippen LogP) is 3.46. The first-order valence-electron chi connectivity index (χ1n) is 10.6. The maximum Gasteiger partial charge on any atom is 0.280 e. The monoisotopic (exact) mass is 457 g/mol. The van der Waals surface area contributed by atoms with Crippen molar-refractivity contribution in [2.75, 3.05) is 11.4 Å².